The average Bonchev–Trinajstić information content (AvgIpc) is 2.52. The molecule has 1 heterocycles. The van der Waals surface area contributed by atoms with Crippen LogP contribution in [0.4, 0.5) is 0 Å². The molecule has 0 aromatic carbocycles. The highest BCUT2D eigenvalue weighted by atomic mass is 35.5. The summed E-state index contributed by atoms with van der Waals surface area (Å²) in [5, 5.41) is 4.87. The molecule has 0 saturated carbocycles. The molecule has 15 heavy (non-hydrogen) atoms. The van der Waals surface area contributed by atoms with Crippen LogP contribution in [0.25, 0.3) is 0 Å². The zero-order valence-electron chi connectivity index (χ0n) is 9.06. The molecule has 1 unspecified atom stereocenters. The van der Waals surface area contributed by atoms with E-state index in [2.05, 4.69) is 10.3 Å². The number of amides is 1. The van der Waals surface area contributed by atoms with Gasteiger partial charge >= 0.3 is 0 Å². The van der Waals surface area contributed by atoms with Crippen molar-refractivity contribution >= 4 is 29.7 Å². The molecule has 0 aliphatic rings. The van der Waals surface area contributed by atoms with Gasteiger partial charge in [-0.25, -0.2) is 0 Å². The Morgan fingerprint density at radius 2 is 2.40 bits per heavy atom. The fourth-order valence-electron chi connectivity index (χ4n) is 1.03. The summed E-state index contributed by atoms with van der Waals surface area (Å²) in [7, 11) is 3.71. The lowest BCUT2D eigenvalue weighted by molar-refractivity contribution is -0.121. The Labute approximate surface area is 99.5 Å². The van der Waals surface area contributed by atoms with E-state index in [1.54, 1.807) is 0 Å². The van der Waals surface area contributed by atoms with E-state index in [1.807, 2.05) is 37.2 Å². The van der Waals surface area contributed by atoms with Gasteiger partial charge in [0.25, 0.3) is 5.91 Å². The third-order valence-electron chi connectivity index (χ3n) is 1.90. The minimum absolute atomic E-state index is 0. The van der Waals surface area contributed by atoms with E-state index < -0.39 is 0 Å². The summed E-state index contributed by atoms with van der Waals surface area (Å²) in [4.78, 5) is 16.3. The van der Waals surface area contributed by atoms with Gasteiger partial charge in [-0.05, 0) is 7.05 Å². The Morgan fingerprint density at radius 1 is 1.73 bits per heavy atom. The first-order chi connectivity index (χ1) is 6.65. The first kappa shape index (κ1) is 14.3. The molecular formula is C9H16ClN3OS. The van der Waals surface area contributed by atoms with Crippen LogP contribution in [0.15, 0.2) is 16.6 Å². The van der Waals surface area contributed by atoms with E-state index in [9.17, 15) is 4.79 Å². The van der Waals surface area contributed by atoms with Gasteiger partial charge in [0.15, 0.2) is 4.80 Å². The molecule has 1 amide bonds. The fraction of sp³-hybridized carbons (Fsp3) is 0.556. The fourth-order valence-corrected chi connectivity index (χ4v) is 1.77. The molecule has 0 bridgehead atoms. The molecule has 0 saturated heterocycles. The van der Waals surface area contributed by atoms with E-state index in [0.29, 0.717) is 6.54 Å². The summed E-state index contributed by atoms with van der Waals surface area (Å²) in [5.41, 5.74) is 0. The number of rotatable bonds is 3. The normalized spacial score (nSPS) is 13.4. The second-order valence-electron chi connectivity index (χ2n) is 3.21. The van der Waals surface area contributed by atoms with Gasteiger partial charge in [-0.3, -0.25) is 4.79 Å². The molecule has 1 N–H and O–H groups in total. The smallest absolute Gasteiger partial charge is 0.252 e. The van der Waals surface area contributed by atoms with Crippen molar-refractivity contribution < 1.29 is 4.79 Å². The predicted molar refractivity (Wildman–Crippen MR) is 64.2 cm³/mol. The number of carbonyl (C=O) groups is 1. The Bertz CT molecular complexity index is 371. The first-order valence-corrected chi connectivity index (χ1v) is 5.36. The average molecular weight is 250 g/mol. The number of nitrogens with zero attached hydrogens (tertiary/aromatic N) is 2. The van der Waals surface area contributed by atoms with Crippen LogP contribution in [-0.4, -0.2) is 24.1 Å². The third-order valence-corrected chi connectivity index (χ3v) is 2.75. The summed E-state index contributed by atoms with van der Waals surface area (Å²) >= 11 is 1.47. The Morgan fingerprint density at radius 3 is 2.87 bits per heavy atom. The lowest BCUT2D eigenvalue weighted by Gasteiger charge is -2.04. The Balaban J connectivity index is 0.00000196. The lowest BCUT2D eigenvalue weighted by Crippen LogP contribution is -2.24. The van der Waals surface area contributed by atoms with Crippen molar-refractivity contribution in [1.29, 1.82) is 0 Å². The highest BCUT2D eigenvalue weighted by molar-refractivity contribution is 7.07. The summed E-state index contributed by atoms with van der Waals surface area (Å²) in [5.74, 6) is -0.139. The highest BCUT2D eigenvalue weighted by Gasteiger charge is 2.10. The van der Waals surface area contributed by atoms with Gasteiger partial charge in [-0.15, -0.1) is 23.7 Å². The first-order valence-electron chi connectivity index (χ1n) is 4.48. The van der Waals surface area contributed by atoms with Gasteiger partial charge in [0.2, 0.25) is 0 Å². The van der Waals surface area contributed by atoms with E-state index in [1.165, 1.54) is 11.3 Å². The number of nitrogens with one attached hydrogen (secondary N) is 1. The van der Waals surface area contributed by atoms with E-state index in [0.717, 1.165) is 4.80 Å². The van der Waals surface area contributed by atoms with Crippen LogP contribution < -0.4 is 10.1 Å². The van der Waals surface area contributed by atoms with Crippen LogP contribution in [0.1, 0.15) is 6.92 Å². The largest absolute Gasteiger partial charge is 0.327 e. The third kappa shape index (κ3) is 4.15. The van der Waals surface area contributed by atoms with Crippen molar-refractivity contribution in [2.45, 2.75) is 6.92 Å². The maximum absolute atomic E-state index is 11.5. The second kappa shape index (κ2) is 6.76. The van der Waals surface area contributed by atoms with Crippen molar-refractivity contribution in [1.82, 2.24) is 9.88 Å². The molecule has 1 aromatic heterocycles. The number of aryl methyl sites for hydroxylation is 1. The minimum Gasteiger partial charge on any atom is -0.327 e. The summed E-state index contributed by atoms with van der Waals surface area (Å²) < 4.78 is 1.84. The van der Waals surface area contributed by atoms with Crippen molar-refractivity contribution in [2.24, 2.45) is 18.0 Å². The number of carbonyl (C=O) groups excluding carboxylic acids is 1. The van der Waals surface area contributed by atoms with Gasteiger partial charge < -0.3 is 9.88 Å². The molecule has 0 spiro atoms. The minimum atomic E-state index is -0.0719. The molecule has 1 rings (SSSR count). The SMILES string of the molecule is CNCC(C)C(=O)N=c1sccn1C.Cl. The molecule has 0 radical (unpaired) electrons. The molecule has 6 heteroatoms. The maximum atomic E-state index is 11.5. The molecule has 86 valence electrons. The van der Waals surface area contributed by atoms with E-state index in [-0.39, 0.29) is 24.2 Å². The van der Waals surface area contributed by atoms with Gasteiger partial charge in [0, 0.05) is 31.1 Å². The van der Waals surface area contributed by atoms with Crippen LogP contribution in [0.3, 0.4) is 0 Å². The summed E-state index contributed by atoms with van der Waals surface area (Å²) in [6.45, 7) is 2.54. The van der Waals surface area contributed by atoms with Crippen molar-refractivity contribution in [3.63, 3.8) is 0 Å². The highest BCUT2D eigenvalue weighted by Crippen LogP contribution is 1.96. The van der Waals surface area contributed by atoms with Crippen LogP contribution >= 0.6 is 23.7 Å². The van der Waals surface area contributed by atoms with E-state index >= 15 is 0 Å². The molecular weight excluding hydrogens is 234 g/mol. The van der Waals surface area contributed by atoms with Crippen LogP contribution in [0.5, 0.6) is 0 Å². The summed E-state index contributed by atoms with van der Waals surface area (Å²) in [6, 6.07) is 0. The van der Waals surface area contributed by atoms with Crippen molar-refractivity contribution in [3.8, 4) is 0 Å². The van der Waals surface area contributed by atoms with Crippen molar-refractivity contribution in [2.75, 3.05) is 13.6 Å². The number of aromatic nitrogens is 1. The molecule has 0 aliphatic carbocycles. The van der Waals surface area contributed by atoms with Gasteiger partial charge in [0.05, 0.1) is 0 Å². The van der Waals surface area contributed by atoms with Crippen molar-refractivity contribution in [3.05, 3.63) is 16.4 Å². The van der Waals surface area contributed by atoms with Crippen LogP contribution in [0.2, 0.25) is 0 Å². The van der Waals surface area contributed by atoms with Crippen LogP contribution in [-0.2, 0) is 11.8 Å². The molecule has 0 aliphatic heterocycles. The topological polar surface area (TPSA) is 46.4 Å². The molecule has 1 atom stereocenters. The summed E-state index contributed by atoms with van der Waals surface area (Å²) in [6.07, 6.45) is 1.89. The number of hydrogen-bond donors (Lipinski definition) is 1. The molecule has 0 fully saturated rings. The predicted octanol–water partition coefficient (Wildman–Crippen LogP) is 0.791. The monoisotopic (exact) mass is 249 g/mol. The number of thiazole rings is 1. The van der Waals surface area contributed by atoms with Gasteiger partial charge in [-0.2, -0.15) is 4.99 Å². The zero-order chi connectivity index (χ0) is 10.6. The standard InChI is InChI=1S/C9H15N3OS.ClH/c1-7(6-10-2)8(13)11-9-12(3)4-5-14-9;/h4-5,7,10H,6H2,1-3H3;1H. The van der Waals surface area contributed by atoms with E-state index in [4.69, 9.17) is 0 Å². The Kier molecular flexibility index (Phi) is 6.47. The maximum Gasteiger partial charge on any atom is 0.252 e. The lowest BCUT2D eigenvalue weighted by atomic mass is 10.2. The molecule has 1 aromatic rings. The number of hydrogen-bond acceptors (Lipinski definition) is 3. The van der Waals surface area contributed by atoms with Crippen LogP contribution in [0, 0.1) is 5.92 Å². The zero-order valence-corrected chi connectivity index (χ0v) is 10.7. The second-order valence-corrected chi connectivity index (χ2v) is 4.08. The Hall–Kier alpha value is -0.650. The van der Waals surface area contributed by atoms with Gasteiger partial charge in [0.1, 0.15) is 0 Å². The number of halogens is 1. The quantitative estimate of drug-likeness (QED) is 0.861. The van der Waals surface area contributed by atoms with Gasteiger partial charge in [-0.1, -0.05) is 6.92 Å². The molecule has 4 nitrogen and oxygen atoms in total.